The Labute approximate surface area is 91.1 Å². The van der Waals surface area contributed by atoms with Gasteiger partial charge in [-0.3, -0.25) is 9.50 Å². The van der Waals surface area contributed by atoms with Crippen molar-refractivity contribution in [2.24, 2.45) is 0 Å². The number of nitrogens with one attached hydrogen (secondary N) is 1. The van der Waals surface area contributed by atoms with Crippen molar-refractivity contribution in [3.05, 3.63) is 30.2 Å². The zero-order valence-corrected chi connectivity index (χ0v) is 8.68. The number of fused-ring (bicyclic) bond motifs is 1. The Bertz CT molecular complexity index is 650. The van der Waals surface area contributed by atoms with Crippen molar-refractivity contribution in [3.8, 4) is 11.4 Å². The molecular formula is C10H10N6. The lowest BCUT2D eigenvalue weighted by Crippen LogP contribution is -1.93. The van der Waals surface area contributed by atoms with Crippen LogP contribution in [-0.4, -0.2) is 24.8 Å². The Morgan fingerprint density at radius 1 is 1.31 bits per heavy atom. The molecule has 16 heavy (non-hydrogen) atoms. The quantitative estimate of drug-likeness (QED) is 0.633. The lowest BCUT2D eigenvalue weighted by Gasteiger charge is -1.99. The Morgan fingerprint density at radius 3 is 2.94 bits per heavy atom. The van der Waals surface area contributed by atoms with Gasteiger partial charge in [-0.15, -0.1) is 10.2 Å². The monoisotopic (exact) mass is 214 g/mol. The lowest BCUT2D eigenvalue weighted by molar-refractivity contribution is 1.04. The summed E-state index contributed by atoms with van der Waals surface area (Å²) in [5.74, 6) is 0.744. The van der Waals surface area contributed by atoms with E-state index in [0.29, 0.717) is 5.69 Å². The summed E-state index contributed by atoms with van der Waals surface area (Å²) >= 11 is 0. The van der Waals surface area contributed by atoms with Crippen molar-refractivity contribution in [1.29, 1.82) is 0 Å². The SMILES string of the molecule is Cc1[nH]ncc1-c1nnc2ccc(N)cn12. The molecule has 3 aromatic heterocycles. The maximum Gasteiger partial charge on any atom is 0.171 e. The Kier molecular flexibility index (Phi) is 1.70. The maximum absolute atomic E-state index is 5.74. The second kappa shape index (κ2) is 3.06. The molecule has 0 aliphatic heterocycles. The van der Waals surface area contributed by atoms with Crippen molar-refractivity contribution in [2.75, 3.05) is 5.73 Å². The molecule has 0 bridgehead atoms. The molecule has 3 rings (SSSR count). The van der Waals surface area contributed by atoms with E-state index >= 15 is 0 Å². The number of hydrogen-bond donors (Lipinski definition) is 2. The van der Waals surface area contributed by atoms with E-state index in [-0.39, 0.29) is 0 Å². The number of anilines is 1. The van der Waals surface area contributed by atoms with Crippen LogP contribution >= 0.6 is 0 Å². The first-order chi connectivity index (χ1) is 7.75. The molecular weight excluding hydrogens is 204 g/mol. The molecule has 0 aliphatic carbocycles. The third kappa shape index (κ3) is 1.16. The van der Waals surface area contributed by atoms with Gasteiger partial charge in [-0.05, 0) is 19.1 Å². The van der Waals surface area contributed by atoms with Crippen molar-refractivity contribution in [3.63, 3.8) is 0 Å². The number of nitrogen functional groups attached to an aromatic ring is 1. The Morgan fingerprint density at radius 2 is 2.19 bits per heavy atom. The molecule has 0 unspecified atom stereocenters. The van der Waals surface area contributed by atoms with Gasteiger partial charge in [-0.25, -0.2) is 0 Å². The molecule has 0 saturated carbocycles. The molecule has 0 saturated heterocycles. The first-order valence-electron chi connectivity index (χ1n) is 4.86. The molecule has 0 amide bonds. The van der Waals surface area contributed by atoms with Crippen molar-refractivity contribution in [2.45, 2.75) is 6.92 Å². The number of aryl methyl sites for hydroxylation is 1. The topological polar surface area (TPSA) is 84.9 Å². The summed E-state index contributed by atoms with van der Waals surface area (Å²) in [6.07, 6.45) is 3.53. The Hall–Kier alpha value is -2.37. The predicted molar refractivity (Wildman–Crippen MR) is 59.7 cm³/mol. The van der Waals surface area contributed by atoms with Gasteiger partial charge < -0.3 is 5.73 Å². The summed E-state index contributed by atoms with van der Waals surface area (Å²) in [6.45, 7) is 1.94. The second-order valence-corrected chi connectivity index (χ2v) is 3.62. The molecule has 3 N–H and O–H groups in total. The number of aromatic amines is 1. The van der Waals surface area contributed by atoms with E-state index in [4.69, 9.17) is 5.73 Å². The zero-order valence-electron chi connectivity index (χ0n) is 8.68. The van der Waals surface area contributed by atoms with Crippen LogP contribution in [0.2, 0.25) is 0 Å². The fourth-order valence-electron chi connectivity index (χ4n) is 1.67. The van der Waals surface area contributed by atoms with Gasteiger partial charge >= 0.3 is 0 Å². The van der Waals surface area contributed by atoms with E-state index in [0.717, 1.165) is 22.7 Å². The highest BCUT2D eigenvalue weighted by molar-refractivity contribution is 5.62. The van der Waals surface area contributed by atoms with E-state index in [2.05, 4.69) is 20.4 Å². The van der Waals surface area contributed by atoms with Crippen molar-refractivity contribution < 1.29 is 0 Å². The maximum atomic E-state index is 5.74. The van der Waals surface area contributed by atoms with Gasteiger partial charge in [0.15, 0.2) is 11.5 Å². The summed E-state index contributed by atoms with van der Waals surface area (Å²) in [6, 6.07) is 3.64. The number of rotatable bonds is 1. The minimum Gasteiger partial charge on any atom is -0.398 e. The molecule has 0 fully saturated rings. The highest BCUT2D eigenvalue weighted by Crippen LogP contribution is 2.20. The fraction of sp³-hybridized carbons (Fsp3) is 0.100. The lowest BCUT2D eigenvalue weighted by atomic mass is 10.2. The molecule has 80 valence electrons. The van der Waals surface area contributed by atoms with Crippen LogP contribution in [0.25, 0.3) is 17.0 Å². The normalized spacial score (nSPS) is 11.1. The average Bonchev–Trinajstić information content (AvgIpc) is 2.83. The number of H-pyrrole nitrogens is 1. The smallest absolute Gasteiger partial charge is 0.171 e. The molecule has 6 nitrogen and oxygen atoms in total. The van der Waals surface area contributed by atoms with Gasteiger partial charge in [0.2, 0.25) is 0 Å². The first-order valence-corrected chi connectivity index (χ1v) is 4.86. The second-order valence-electron chi connectivity index (χ2n) is 3.62. The molecule has 0 atom stereocenters. The zero-order chi connectivity index (χ0) is 11.1. The predicted octanol–water partition coefficient (Wildman–Crippen LogP) is 1.01. The van der Waals surface area contributed by atoms with Gasteiger partial charge in [-0.1, -0.05) is 0 Å². The number of nitrogens with two attached hydrogens (primary N) is 1. The summed E-state index contributed by atoms with van der Waals surface area (Å²) < 4.78 is 1.85. The largest absolute Gasteiger partial charge is 0.398 e. The van der Waals surface area contributed by atoms with Gasteiger partial charge in [0, 0.05) is 17.6 Å². The minimum absolute atomic E-state index is 0.676. The van der Waals surface area contributed by atoms with Gasteiger partial charge in [0.1, 0.15) is 0 Å². The molecule has 3 aromatic rings. The van der Waals surface area contributed by atoms with Crippen LogP contribution in [0.4, 0.5) is 5.69 Å². The van der Waals surface area contributed by atoms with Gasteiger partial charge in [0.05, 0.1) is 11.8 Å². The minimum atomic E-state index is 0.676. The van der Waals surface area contributed by atoms with E-state index in [1.807, 2.05) is 17.4 Å². The molecule has 0 aromatic carbocycles. The number of pyridine rings is 1. The van der Waals surface area contributed by atoms with Gasteiger partial charge in [0.25, 0.3) is 0 Å². The standard InChI is InChI=1S/C10H10N6/c1-6-8(4-12-13-6)10-15-14-9-3-2-7(11)5-16(9)10/h2-5H,11H2,1H3,(H,12,13). The van der Waals surface area contributed by atoms with E-state index < -0.39 is 0 Å². The van der Waals surface area contributed by atoms with Crippen LogP contribution in [0.15, 0.2) is 24.5 Å². The third-order valence-electron chi connectivity index (χ3n) is 2.50. The molecule has 6 heteroatoms. The van der Waals surface area contributed by atoms with Crippen LogP contribution in [0.3, 0.4) is 0 Å². The first kappa shape index (κ1) is 8.90. The summed E-state index contributed by atoms with van der Waals surface area (Å²) in [7, 11) is 0. The molecule has 3 heterocycles. The van der Waals surface area contributed by atoms with Crippen LogP contribution in [0.5, 0.6) is 0 Å². The average molecular weight is 214 g/mol. The Balaban J connectivity index is 2.32. The van der Waals surface area contributed by atoms with E-state index in [9.17, 15) is 0 Å². The molecule has 0 aliphatic rings. The highest BCUT2D eigenvalue weighted by atomic mass is 15.3. The van der Waals surface area contributed by atoms with E-state index in [1.54, 1.807) is 18.5 Å². The third-order valence-corrected chi connectivity index (χ3v) is 2.50. The number of aromatic nitrogens is 5. The van der Waals surface area contributed by atoms with Crippen LogP contribution in [0, 0.1) is 6.92 Å². The van der Waals surface area contributed by atoms with Crippen LogP contribution < -0.4 is 5.73 Å². The molecule has 0 radical (unpaired) electrons. The van der Waals surface area contributed by atoms with Crippen molar-refractivity contribution in [1.82, 2.24) is 24.8 Å². The molecule has 0 spiro atoms. The van der Waals surface area contributed by atoms with E-state index in [1.165, 1.54) is 0 Å². The summed E-state index contributed by atoms with van der Waals surface area (Å²) in [5.41, 5.74) is 9.07. The fourth-order valence-corrected chi connectivity index (χ4v) is 1.67. The summed E-state index contributed by atoms with van der Waals surface area (Å²) in [4.78, 5) is 0. The summed E-state index contributed by atoms with van der Waals surface area (Å²) in [5, 5.41) is 15.1. The van der Waals surface area contributed by atoms with Crippen LogP contribution in [0.1, 0.15) is 5.69 Å². The number of nitrogens with zero attached hydrogens (tertiary/aromatic N) is 4. The van der Waals surface area contributed by atoms with Gasteiger partial charge in [-0.2, -0.15) is 5.10 Å². The van der Waals surface area contributed by atoms with Crippen LogP contribution in [-0.2, 0) is 0 Å². The van der Waals surface area contributed by atoms with Crippen molar-refractivity contribution >= 4 is 11.3 Å². The number of hydrogen-bond acceptors (Lipinski definition) is 4. The highest BCUT2D eigenvalue weighted by Gasteiger charge is 2.11.